The Morgan fingerprint density at radius 2 is 1.91 bits per heavy atom. The Hall–Kier alpha value is -1.80. The lowest BCUT2D eigenvalue weighted by atomic mass is 10.3. The van der Waals surface area contributed by atoms with Crippen LogP contribution in [0.5, 0.6) is 11.5 Å². The van der Waals surface area contributed by atoms with Crippen LogP contribution in [-0.2, 0) is 14.8 Å². The van der Waals surface area contributed by atoms with E-state index >= 15 is 0 Å². The van der Waals surface area contributed by atoms with E-state index in [-0.39, 0.29) is 23.1 Å². The molecule has 0 unspecified atom stereocenters. The minimum atomic E-state index is -3.73. The summed E-state index contributed by atoms with van der Waals surface area (Å²) in [7, 11) is -0.846. The number of benzene rings is 1. The van der Waals surface area contributed by atoms with Crippen molar-refractivity contribution in [2.24, 2.45) is 0 Å². The maximum Gasteiger partial charge on any atom is 0.244 e. The fourth-order valence-electron chi connectivity index (χ4n) is 2.09. The Bertz CT molecular complexity index is 631. The second-order valence-electron chi connectivity index (χ2n) is 4.92. The molecule has 0 bridgehead atoms. The summed E-state index contributed by atoms with van der Waals surface area (Å²) in [4.78, 5) is 13.1. The lowest BCUT2D eigenvalue weighted by molar-refractivity contribution is -0.128. The van der Waals surface area contributed by atoms with Crippen LogP contribution in [0.1, 0.15) is 20.3 Å². The smallest absolute Gasteiger partial charge is 0.244 e. The maximum absolute atomic E-state index is 12.4. The molecule has 0 atom stereocenters. The molecule has 1 amide bonds. The van der Waals surface area contributed by atoms with Crippen LogP contribution in [0.4, 0.5) is 0 Å². The van der Waals surface area contributed by atoms with Crippen LogP contribution in [0, 0.1) is 0 Å². The van der Waals surface area contributed by atoms with Crippen LogP contribution in [0.15, 0.2) is 23.1 Å². The molecule has 7 nitrogen and oxygen atoms in total. The average molecular weight is 344 g/mol. The third-order valence-corrected chi connectivity index (χ3v) is 4.77. The van der Waals surface area contributed by atoms with Crippen LogP contribution in [0.3, 0.4) is 0 Å². The largest absolute Gasteiger partial charge is 0.497 e. The van der Waals surface area contributed by atoms with Crippen LogP contribution < -0.4 is 14.2 Å². The van der Waals surface area contributed by atoms with E-state index in [4.69, 9.17) is 9.47 Å². The van der Waals surface area contributed by atoms with Gasteiger partial charge in [-0.15, -0.1) is 0 Å². The highest BCUT2D eigenvalue weighted by Crippen LogP contribution is 2.28. The zero-order chi connectivity index (χ0) is 17.5. The Labute approximate surface area is 137 Å². The van der Waals surface area contributed by atoms with Crippen molar-refractivity contribution in [2.45, 2.75) is 25.2 Å². The van der Waals surface area contributed by atoms with Crippen LogP contribution >= 0.6 is 0 Å². The number of hydrogen-bond donors (Lipinski definition) is 1. The van der Waals surface area contributed by atoms with Gasteiger partial charge in [0.05, 0.1) is 14.2 Å². The fourth-order valence-corrected chi connectivity index (χ4v) is 3.26. The molecule has 1 rings (SSSR count). The summed E-state index contributed by atoms with van der Waals surface area (Å²) < 4.78 is 37.4. The molecule has 0 aromatic heterocycles. The molecule has 1 aromatic carbocycles. The zero-order valence-corrected chi connectivity index (χ0v) is 14.8. The van der Waals surface area contributed by atoms with Crippen LogP contribution in [0.25, 0.3) is 0 Å². The molecule has 130 valence electrons. The van der Waals surface area contributed by atoms with Gasteiger partial charge in [-0.2, -0.15) is 0 Å². The molecule has 0 heterocycles. The zero-order valence-electron chi connectivity index (χ0n) is 14.0. The molecule has 0 aliphatic rings. The molecule has 1 aromatic rings. The van der Waals surface area contributed by atoms with E-state index < -0.39 is 10.0 Å². The third-order valence-electron chi connectivity index (χ3n) is 3.27. The van der Waals surface area contributed by atoms with Gasteiger partial charge in [0.2, 0.25) is 15.9 Å². The van der Waals surface area contributed by atoms with E-state index in [0.29, 0.717) is 18.8 Å². The van der Waals surface area contributed by atoms with Gasteiger partial charge < -0.3 is 14.4 Å². The second-order valence-corrected chi connectivity index (χ2v) is 6.66. The fraction of sp³-hybridized carbons (Fsp3) is 0.533. The van der Waals surface area contributed by atoms with Gasteiger partial charge in [-0.1, -0.05) is 6.92 Å². The quantitative estimate of drug-likeness (QED) is 0.728. The Balaban J connectivity index is 2.82. The molecule has 8 heteroatoms. The number of nitrogens with one attached hydrogen (secondary N) is 1. The molecule has 1 N–H and O–H groups in total. The van der Waals surface area contributed by atoms with E-state index in [1.807, 2.05) is 6.92 Å². The van der Waals surface area contributed by atoms with Gasteiger partial charge in [-0.25, -0.2) is 13.1 Å². The molecular formula is C15H24N2O5S. The number of carbonyl (C=O) groups is 1. The van der Waals surface area contributed by atoms with E-state index in [1.54, 1.807) is 11.0 Å². The van der Waals surface area contributed by atoms with Crippen molar-refractivity contribution in [1.29, 1.82) is 0 Å². The third kappa shape index (κ3) is 5.40. The van der Waals surface area contributed by atoms with Crippen molar-refractivity contribution in [2.75, 3.05) is 33.9 Å². The molecule has 0 radical (unpaired) electrons. The molecule has 0 fully saturated rings. The van der Waals surface area contributed by atoms with Gasteiger partial charge in [0.1, 0.15) is 16.4 Å². The summed E-state index contributed by atoms with van der Waals surface area (Å²) in [5.41, 5.74) is 0. The number of amides is 1. The van der Waals surface area contributed by atoms with E-state index in [9.17, 15) is 13.2 Å². The number of rotatable bonds is 9. The summed E-state index contributed by atoms with van der Waals surface area (Å²) in [5.74, 6) is 0.633. The summed E-state index contributed by atoms with van der Waals surface area (Å²) in [6, 6.07) is 4.48. The minimum Gasteiger partial charge on any atom is -0.497 e. The number of methoxy groups -OCH3 is 2. The molecule has 0 saturated heterocycles. The first-order chi connectivity index (χ1) is 10.9. The highest BCUT2D eigenvalue weighted by atomic mass is 32.2. The van der Waals surface area contributed by atoms with Crippen molar-refractivity contribution in [3.63, 3.8) is 0 Å². The topological polar surface area (TPSA) is 84.9 Å². The van der Waals surface area contributed by atoms with Crippen LogP contribution in [0.2, 0.25) is 0 Å². The first-order valence-corrected chi connectivity index (χ1v) is 8.81. The lowest BCUT2D eigenvalue weighted by Crippen LogP contribution is -2.37. The lowest BCUT2D eigenvalue weighted by Gasteiger charge is -2.20. The minimum absolute atomic E-state index is 0.0330. The van der Waals surface area contributed by atoms with Gasteiger partial charge >= 0.3 is 0 Å². The Morgan fingerprint density at radius 3 is 2.43 bits per heavy atom. The van der Waals surface area contributed by atoms with Crippen molar-refractivity contribution in [3.8, 4) is 11.5 Å². The van der Waals surface area contributed by atoms with Gasteiger partial charge in [-0.3, -0.25) is 4.79 Å². The Morgan fingerprint density at radius 1 is 1.22 bits per heavy atom. The van der Waals surface area contributed by atoms with E-state index in [1.165, 1.54) is 33.3 Å². The molecule has 23 heavy (non-hydrogen) atoms. The van der Waals surface area contributed by atoms with Crippen molar-refractivity contribution < 1.29 is 22.7 Å². The molecule has 0 aliphatic heterocycles. The van der Waals surface area contributed by atoms with E-state index in [0.717, 1.165) is 6.42 Å². The second kappa shape index (κ2) is 8.73. The summed E-state index contributed by atoms with van der Waals surface area (Å²) >= 11 is 0. The first-order valence-electron chi connectivity index (χ1n) is 7.33. The predicted molar refractivity (Wildman–Crippen MR) is 87.3 cm³/mol. The SMILES string of the molecule is CCCN(CCNS(=O)(=O)c1ccc(OC)cc1OC)C(C)=O. The van der Waals surface area contributed by atoms with Crippen molar-refractivity contribution >= 4 is 15.9 Å². The molecule has 0 saturated carbocycles. The number of nitrogens with zero attached hydrogens (tertiary/aromatic N) is 1. The van der Waals surface area contributed by atoms with Gasteiger partial charge in [-0.05, 0) is 18.6 Å². The number of carbonyl (C=O) groups excluding carboxylic acids is 1. The highest BCUT2D eigenvalue weighted by Gasteiger charge is 2.20. The first kappa shape index (κ1) is 19.2. The predicted octanol–water partition coefficient (Wildman–Crippen LogP) is 1.24. The standard InChI is InChI=1S/C15H24N2O5S/c1-5-9-17(12(2)18)10-8-16-23(19,20)15-7-6-13(21-3)11-14(15)22-4/h6-7,11,16H,5,8-10H2,1-4H3. The summed E-state index contributed by atoms with van der Waals surface area (Å²) in [6.07, 6.45) is 0.818. The van der Waals surface area contributed by atoms with Crippen LogP contribution in [-0.4, -0.2) is 53.1 Å². The molecular weight excluding hydrogens is 320 g/mol. The van der Waals surface area contributed by atoms with Crippen molar-refractivity contribution in [3.05, 3.63) is 18.2 Å². The van der Waals surface area contributed by atoms with Gasteiger partial charge in [0, 0.05) is 32.6 Å². The van der Waals surface area contributed by atoms with Crippen molar-refractivity contribution in [1.82, 2.24) is 9.62 Å². The average Bonchev–Trinajstić information content (AvgIpc) is 2.53. The molecule has 0 spiro atoms. The number of hydrogen-bond acceptors (Lipinski definition) is 5. The Kier molecular flexibility index (Phi) is 7.31. The molecule has 0 aliphatic carbocycles. The maximum atomic E-state index is 12.4. The summed E-state index contributed by atoms with van der Waals surface area (Å²) in [6.45, 7) is 4.49. The van der Waals surface area contributed by atoms with E-state index in [2.05, 4.69) is 4.72 Å². The highest BCUT2D eigenvalue weighted by molar-refractivity contribution is 7.89. The monoisotopic (exact) mass is 344 g/mol. The number of sulfonamides is 1. The summed E-state index contributed by atoms with van der Waals surface area (Å²) in [5, 5.41) is 0. The van der Waals surface area contributed by atoms with Gasteiger partial charge in [0.25, 0.3) is 0 Å². The number of ether oxygens (including phenoxy) is 2. The van der Waals surface area contributed by atoms with Gasteiger partial charge in [0.15, 0.2) is 0 Å². The normalized spacial score (nSPS) is 11.1.